The van der Waals surface area contributed by atoms with Gasteiger partial charge in [-0.05, 0) is 38.5 Å². The van der Waals surface area contributed by atoms with Gasteiger partial charge in [-0.25, -0.2) is 4.68 Å². The summed E-state index contributed by atoms with van der Waals surface area (Å²) in [7, 11) is 0. The van der Waals surface area contributed by atoms with Crippen LogP contribution in [0.2, 0.25) is 0 Å². The summed E-state index contributed by atoms with van der Waals surface area (Å²) in [6.45, 7) is 9.26. The topological polar surface area (TPSA) is 80.3 Å². The molecular weight excluding hydrogens is 428 g/mol. The van der Waals surface area contributed by atoms with E-state index >= 15 is 0 Å². The van der Waals surface area contributed by atoms with Gasteiger partial charge in [-0.3, -0.25) is 9.69 Å². The van der Waals surface area contributed by atoms with Gasteiger partial charge in [-0.1, -0.05) is 47.6 Å². The van der Waals surface area contributed by atoms with Gasteiger partial charge in [0.25, 0.3) is 5.91 Å². The first kappa shape index (κ1) is 22.0. The van der Waals surface area contributed by atoms with Gasteiger partial charge in [-0.2, -0.15) is 10.1 Å². The van der Waals surface area contributed by atoms with Crippen molar-refractivity contribution in [1.29, 1.82) is 0 Å². The first-order valence-corrected chi connectivity index (χ1v) is 11.5. The van der Waals surface area contributed by atoms with Gasteiger partial charge < -0.3 is 9.42 Å². The number of rotatable bonds is 5. The van der Waals surface area contributed by atoms with E-state index < -0.39 is 0 Å². The smallest absolute Gasteiger partial charge is 0.257 e. The molecule has 1 fully saturated rings. The number of benzene rings is 2. The molecule has 0 unspecified atom stereocenters. The van der Waals surface area contributed by atoms with Gasteiger partial charge in [0.05, 0.1) is 29.2 Å². The van der Waals surface area contributed by atoms with E-state index in [2.05, 4.69) is 20.1 Å². The van der Waals surface area contributed by atoms with E-state index in [-0.39, 0.29) is 5.91 Å². The molecule has 34 heavy (non-hydrogen) atoms. The fourth-order valence-corrected chi connectivity index (χ4v) is 4.48. The number of carbonyl (C=O) groups is 1. The van der Waals surface area contributed by atoms with Crippen LogP contribution < -0.4 is 0 Å². The molecule has 1 saturated heterocycles. The fourth-order valence-electron chi connectivity index (χ4n) is 4.48. The molecule has 0 saturated carbocycles. The van der Waals surface area contributed by atoms with Crippen LogP contribution in [0.1, 0.15) is 33.2 Å². The molecule has 174 valence electrons. The standard InChI is InChI=1S/C26H28N6O2/c1-18-9-7-8-12-22(18)25-27-23(34-29-25)17-30-13-15-31(16-14-30)26(33)24-19(2)28-32(20(24)3)21-10-5-4-6-11-21/h4-12H,13-17H2,1-3H3. The van der Waals surface area contributed by atoms with E-state index in [0.29, 0.717) is 36.9 Å². The summed E-state index contributed by atoms with van der Waals surface area (Å²) >= 11 is 0. The van der Waals surface area contributed by atoms with Crippen LogP contribution in [0.3, 0.4) is 0 Å². The number of hydrogen-bond acceptors (Lipinski definition) is 6. The monoisotopic (exact) mass is 456 g/mol. The number of para-hydroxylation sites is 1. The highest BCUT2D eigenvalue weighted by Gasteiger charge is 2.28. The summed E-state index contributed by atoms with van der Waals surface area (Å²) in [4.78, 5) is 22.1. The second kappa shape index (κ2) is 9.23. The molecule has 0 spiro atoms. The Bertz CT molecular complexity index is 1300. The lowest BCUT2D eigenvalue weighted by molar-refractivity contribution is 0.0613. The van der Waals surface area contributed by atoms with E-state index in [4.69, 9.17) is 4.52 Å². The quantitative estimate of drug-likeness (QED) is 0.454. The molecule has 8 heteroatoms. The fraction of sp³-hybridized carbons (Fsp3) is 0.308. The molecule has 0 atom stereocenters. The van der Waals surface area contributed by atoms with Crippen molar-refractivity contribution in [1.82, 2.24) is 29.7 Å². The maximum atomic E-state index is 13.4. The highest BCUT2D eigenvalue weighted by atomic mass is 16.5. The van der Waals surface area contributed by atoms with Crippen molar-refractivity contribution in [2.45, 2.75) is 27.3 Å². The Labute approximate surface area is 198 Å². The Morgan fingerprint density at radius 2 is 1.65 bits per heavy atom. The van der Waals surface area contributed by atoms with Crippen LogP contribution in [-0.2, 0) is 6.54 Å². The molecular formula is C26H28N6O2. The van der Waals surface area contributed by atoms with Crippen molar-refractivity contribution < 1.29 is 9.32 Å². The highest BCUT2D eigenvalue weighted by molar-refractivity contribution is 5.96. The maximum Gasteiger partial charge on any atom is 0.257 e. The zero-order valence-corrected chi connectivity index (χ0v) is 19.7. The summed E-state index contributed by atoms with van der Waals surface area (Å²) in [6, 6.07) is 17.9. The number of carbonyl (C=O) groups excluding carboxylic acids is 1. The molecule has 1 aliphatic heterocycles. The van der Waals surface area contributed by atoms with Gasteiger partial charge in [0.1, 0.15) is 0 Å². The van der Waals surface area contributed by atoms with Crippen LogP contribution in [0.25, 0.3) is 17.1 Å². The molecule has 2 aromatic carbocycles. The van der Waals surface area contributed by atoms with Crippen molar-refractivity contribution in [3.05, 3.63) is 83.0 Å². The lowest BCUT2D eigenvalue weighted by atomic mass is 10.1. The SMILES string of the molecule is Cc1ccccc1-c1noc(CN2CCN(C(=O)c3c(C)nn(-c4ccccc4)c3C)CC2)n1. The molecule has 2 aromatic heterocycles. The van der Waals surface area contributed by atoms with Gasteiger partial charge in [0.2, 0.25) is 11.7 Å². The zero-order valence-electron chi connectivity index (χ0n) is 19.7. The molecule has 0 bridgehead atoms. The highest BCUT2D eigenvalue weighted by Crippen LogP contribution is 2.22. The lowest BCUT2D eigenvalue weighted by Gasteiger charge is -2.34. The number of amides is 1. The normalized spacial score (nSPS) is 14.5. The molecule has 4 aromatic rings. The summed E-state index contributed by atoms with van der Waals surface area (Å²) in [5.74, 6) is 1.24. The number of piperazine rings is 1. The lowest BCUT2D eigenvalue weighted by Crippen LogP contribution is -2.48. The van der Waals surface area contributed by atoms with Gasteiger partial charge in [-0.15, -0.1) is 0 Å². The van der Waals surface area contributed by atoms with E-state index in [1.807, 2.05) is 85.0 Å². The molecule has 0 aliphatic carbocycles. The van der Waals surface area contributed by atoms with E-state index in [1.165, 1.54) is 0 Å². The molecule has 8 nitrogen and oxygen atoms in total. The van der Waals surface area contributed by atoms with Crippen LogP contribution in [0.5, 0.6) is 0 Å². The number of aryl methyl sites for hydroxylation is 2. The summed E-state index contributed by atoms with van der Waals surface area (Å²) in [5.41, 5.74) is 5.36. The maximum absolute atomic E-state index is 13.4. The minimum absolute atomic E-state index is 0.0384. The Hall–Kier alpha value is -3.78. The third kappa shape index (κ3) is 4.24. The summed E-state index contributed by atoms with van der Waals surface area (Å²) in [6.07, 6.45) is 0. The van der Waals surface area contributed by atoms with E-state index in [0.717, 1.165) is 41.3 Å². The molecule has 0 N–H and O–H groups in total. The number of hydrogen-bond donors (Lipinski definition) is 0. The molecule has 0 radical (unpaired) electrons. The summed E-state index contributed by atoms with van der Waals surface area (Å²) in [5, 5.41) is 8.79. The Balaban J connectivity index is 1.23. The average Bonchev–Trinajstić information content (AvgIpc) is 3.43. The van der Waals surface area contributed by atoms with E-state index in [1.54, 1.807) is 0 Å². The van der Waals surface area contributed by atoms with Crippen LogP contribution >= 0.6 is 0 Å². The molecule has 1 aliphatic rings. The predicted molar refractivity (Wildman–Crippen MR) is 129 cm³/mol. The zero-order chi connectivity index (χ0) is 23.7. The van der Waals surface area contributed by atoms with Crippen molar-refractivity contribution in [2.75, 3.05) is 26.2 Å². The largest absolute Gasteiger partial charge is 0.338 e. The van der Waals surface area contributed by atoms with Crippen molar-refractivity contribution >= 4 is 5.91 Å². The minimum Gasteiger partial charge on any atom is -0.338 e. The Kier molecular flexibility index (Phi) is 5.98. The minimum atomic E-state index is 0.0384. The second-order valence-electron chi connectivity index (χ2n) is 8.69. The van der Waals surface area contributed by atoms with Crippen molar-refractivity contribution in [3.63, 3.8) is 0 Å². The summed E-state index contributed by atoms with van der Waals surface area (Å²) < 4.78 is 7.35. The predicted octanol–water partition coefficient (Wildman–Crippen LogP) is 3.81. The third-order valence-corrected chi connectivity index (χ3v) is 6.38. The van der Waals surface area contributed by atoms with E-state index in [9.17, 15) is 4.79 Å². The van der Waals surface area contributed by atoms with Crippen molar-refractivity contribution in [3.8, 4) is 17.1 Å². The third-order valence-electron chi connectivity index (χ3n) is 6.38. The average molecular weight is 457 g/mol. The first-order chi connectivity index (χ1) is 16.5. The molecule has 1 amide bonds. The van der Waals surface area contributed by atoms with Crippen molar-refractivity contribution in [2.24, 2.45) is 0 Å². The molecule has 5 rings (SSSR count). The number of aromatic nitrogens is 4. The van der Waals surface area contributed by atoms with Crippen LogP contribution in [-0.4, -0.2) is 61.8 Å². The van der Waals surface area contributed by atoms with Gasteiger partial charge in [0.15, 0.2) is 0 Å². The first-order valence-electron chi connectivity index (χ1n) is 11.5. The second-order valence-corrected chi connectivity index (χ2v) is 8.69. The van der Waals surface area contributed by atoms with Gasteiger partial charge in [0, 0.05) is 31.7 Å². The van der Waals surface area contributed by atoms with Crippen LogP contribution in [0.4, 0.5) is 0 Å². The van der Waals surface area contributed by atoms with Crippen LogP contribution in [0, 0.1) is 20.8 Å². The molecule has 3 heterocycles. The van der Waals surface area contributed by atoms with Gasteiger partial charge >= 0.3 is 0 Å². The Morgan fingerprint density at radius 1 is 0.941 bits per heavy atom. The Morgan fingerprint density at radius 3 is 2.38 bits per heavy atom. The number of nitrogens with zero attached hydrogens (tertiary/aromatic N) is 6. The van der Waals surface area contributed by atoms with Crippen LogP contribution in [0.15, 0.2) is 59.1 Å².